The number of carbonyl (C=O) groups is 2. The molecule has 0 spiro atoms. The van der Waals surface area contributed by atoms with E-state index in [2.05, 4.69) is 25.9 Å². The monoisotopic (exact) mass is 418 g/mol. The zero-order valence-corrected chi connectivity index (χ0v) is 15.9. The number of pyridine rings is 2. The van der Waals surface area contributed by atoms with Gasteiger partial charge >= 0.3 is 6.18 Å². The molecule has 3 aromatic rings. The van der Waals surface area contributed by atoms with Crippen LogP contribution in [0.25, 0.3) is 5.82 Å². The first kappa shape index (κ1) is 21.0. The maximum atomic E-state index is 12.8. The first-order valence-corrected chi connectivity index (χ1v) is 8.81. The van der Waals surface area contributed by atoms with Crippen LogP contribution in [-0.4, -0.2) is 31.6 Å². The van der Waals surface area contributed by atoms with Crippen molar-refractivity contribution in [3.05, 3.63) is 71.4 Å². The van der Waals surface area contributed by atoms with Crippen LogP contribution in [0, 0.1) is 0 Å². The Kier molecular flexibility index (Phi) is 5.81. The molecule has 0 aliphatic carbocycles. The number of aromatic nitrogens is 4. The fourth-order valence-electron chi connectivity index (χ4n) is 2.69. The van der Waals surface area contributed by atoms with Gasteiger partial charge in [0.15, 0.2) is 5.82 Å². The van der Waals surface area contributed by atoms with Crippen LogP contribution in [0.1, 0.15) is 51.9 Å². The van der Waals surface area contributed by atoms with E-state index in [9.17, 15) is 22.8 Å². The van der Waals surface area contributed by atoms with Crippen molar-refractivity contribution in [2.75, 3.05) is 0 Å². The van der Waals surface area contributed by atoms with Gasteiger partial charge in [0, 0.05) is 12.4 Å². The molecular weight excluding hydrogens is 401 g/mol. The van der Waals surface area contributed by atoms with E-state index in [0.717, 1.165) is 6.07 Å². The second-order valence-electron chi connectivity index (χ2n) is 6.54. The Hall–Kier alpha value is -3.76. The lowest BCUT2D eigenvalue weighted by atomic mass is 10.1. The lowest BCUT2D eigenvalue weighted by Crippen LogP contribution is -2.42. The fraction of sp³-hybridized carbons (Fsp3) is 0.211. The van der Waals surface area contributed by atoms with E-state index in [1.807, 2.05) is 0 Å². The summed E-state index contributed by atoms with van der Waals surface area (Å²) >= 11 is 0. The Labute approximate surface area is 169 Å². The van der Waals surface area contributed by atoms with Gasteiger partial charge in [-0.2, -0.15) is 18.3 Å². The van der Waals surface area contributed by atoms with Crippen LogP contribution in [0.3, 0.4) is 0 Å². The third-order valence-corrected chi connectivity index (χ3v) is 4.08. The maximum Gasteiger partial charge on any atom is 0.417 e. The van der Waals surface area contributed by atoms with E-state index in [1.165, 1.54) is 29.2 Å². The fourth-order valence-corrected chi connectivity index (χ4v) is 2.69. The smallest absolute Gasteiger partial charge is 0.267 e. The van der Waals surface area contributed by atoms with Gasteiger partial charge in [0.25, 0.3) is 11.8 Å². The average Bonchev–Trinajstić information content (AvgIpc) is 3.17. The molecule has 30 heavy (non-hydrogen) atoms. The molecule has 0 aliphatic heterocycles. The molecule has 3 rings (SSSR count). The van der Waals surface area contributed by atoms with Crippen molar-refractivity contribution in [1.29, 1.82) is 0 Å². The number of carbonyl (C=O) groups excluding carboxylic acids is 2. The summed E-state index contributed by atoms with van der Waals surface area (Å²) in [6, 6.07) is 6.82. The van der Waals surface area contributed by atoms with Crippen LogP contribution in [-0.2, 0) is 6.18 Å². The molecule has 0 radical (unpaired) electrons. The van der Waals surface area contributed by atoms with Crippen LogP contribution in [0.5, 0.6) is 0 Å². The predicted molar refractivity (Wildman–Crippen MR) is 99.6 cm³/mol. The molecule has 0 unspecified atom stereocenters. The van der Waals surface area contributed by atoms with Crippen LogP contribution in [0.2, 0.25) is 0 Å². The Morgan fingerprint density at radius 2 is 1.73 bits per heavy atom. The molecule has 8 nitrogen and oxygen atoms in total. The highest BCUT2D eigenvalue weighted by Gasteiger charge is 2.31. The number of hydrazine groups is 1. The van der Waals surface area contributed by atoms with Crippen molar-refractivity contribution in [3.8, 4) is 5.82 Å². The molecule has 0 saturated carbocycles. The molecule has 0 atom stereocenters. The normalized spacial score (nSPS) is 11.4. The third-order valence-electron chi connectivity index (χ3n) is 4.08. The van der Waals surface area contributed by atoms with Gasteiger partial charge in [0.2, 0.25) is 0 Å². The SMILES string of the molecule is CC(C)c1c(C(=O)NNC(=O)c2ccccn2)cnn1-c1ccc(C(F)(F)F)cn1. The van der Waals surface area contributed by atoms with Gasteiger partial charge in [-0.1, -0.05) is 19.9 Å². The molecule has 3 heterocycles. The summed E-state index contributed by atoms with van der Waals surface area (Å²) in [6.07, 6.45) is -1.10. The van der Waals surface area contributed by atoms with Gasteiger partial charge in [-0.05, 0) is 30.2 Å². The second kappa shape index (κ2) is 8.31. The van der Waals surface area contributed by atoms with Gasteiger partial charge in [-0.15, -0.1) is 0 Å². The highest BCUT2D eigenvalue weighted by Crippen LogP contribution is 2.29. The average molecular weight is 418 g/mol. The standard InChI is InChI=1S/C19H17F3N6O2/c1-11(2)16-13(17(29)26-27-18(30)14-5-3-4-8-23-14)10-25-28(16)15-7-6-12(9-24-15)19(20,21)22/h3-11H,1-2H3,(H,26,29)(H,27,30). The molecular formula is C19H17F3N6O2. The predicted octanol–water partition coefficient (Wildman–Crippen LogP) is 2.88. The van der Waals surface area contributed by atoms with E-state index in [1.54, 1.807) is 26.0 Å². The van der Waals surface area contributed by atoms with Gasteiger partial charge in [0.05, 0.1) is 23.0 Å². The van der Waals surface area contributed by atoms with Crippen molar-refractivity contribution in [2.45, 2.75) is 25.9 Å². The zero-order chi connectivity index (χ0) is 21.9. The van der Waals surface area contributed by atoms with E-state index in [-0.39, 0.29) is 23.0 Å². The summed E-state index contributed by atoms with van der Waals surface area (Å²) in [4.78, 5) is 32.3. The van der Waals surface area contributed by atoms with Crippen molar-refractivity contribution >= 4 is 11.8 Å². The van der Waals surface area contributed by atoms with Crippen LogP contribution >= 0.6 is 0 Å². The second-order valence-corrected chi connectivity index (χ2v) is 6.54. The maximum absolute atomic E-state index is 12.8. The molecule has 2 amide bonds. The Bertz CT molecular complexity index is 1050. The lowest BCUT2D eigenvalue weighted by Gasteiger charge is -2.13. The number of amides is 2. The Balaban J connectivity index is 1.82. The first-order valence-electron chi connectivity index (χ1n) is 8.81. The molecule has 0 fully saturated rings. The summed E-state index contributed by atoms with van der Waals surface area (Å²) in [5.74, 6) is -1.33. The lowest BCUT2D eigenvalue weighted by molar-refractivity contribution is -0.137. The topological polar surface area (TPSA) is 102 Å². The van der Waals surface area contributed by atoms with E-state index in [4.69, 9.17) is 0 Å². The van der Waals surface area contributed by atoms with Crippen LogP contribution in [0.4, 0.5) is 13.2 Å². The van der Waals surface area contributed by atoms with Crippen molar-refractivity contribution in [1.82, 2.24) is 30.6 Å². The minimum absolute atomic E-state index is 0.117. The van der Waals surface area contributed by atoms with Crippen LogP contribution in [0.15, 0.2) is 48.9 Å². The number of hydrogen-bond donors (Lipinski definition) is 2. The van der Waals surface area contributed by atoms with Crippen LogP contribution < -0.4 is 10.9 Å². The molecule has 3 aromatic heterocycles. The van der Waals surface area contributed by atoms with E-state index >= 15 is 0 Å². The quantitative estimate of drug-likeness (QED) is 0.635. The number of hydrogen-bond acceptors (Lipinski definition) is 5. The molecule has 156 valence electrons. The van der Waals surface area contributed by atoms with Crippen molar-refractivity contribution < 1.29 is 22.8 Å². The van der Waals surface area contributed by atoms with Gasteiger partial charge < -0.3 is 0 Å². The molecule has 0 saturated heterocycles. The van der Waals surface area contributed by atoms with Crippen molar-refractivity contribution in [3.63, 3.8) is 0 Å². The summed E-state index contributed by atoms with van der Waals surface area (Å²) in [6.45, 7) is 3.59. The number of alkyl halides is 3. The Morgan fingerprint density at radius 3 is 2.30 bits per heavy atom. The number of nitrogens with zero attached hydrogens (tertiary/aromatic N) is 4. The number of nitrogens with one attached hydrogen (secondary N) is 2. The molecule has 0 aromatic carbocycles. The largest absolute Gasteiger partial charge is 0.417 e. The zero-order valence-electron chi connectivity index (χ0n) is 15.9. The third kappa shape index (κ3) is 4.45. The minimum atomic E-state index is -4.51. The highest BCUT2D eigenvalue weighted by molar-refractivity contribution is 5.98. The highest BCUT2D eigenvalue weighted by atomic mass is 19.4. The molecule has 0 bridgehead atoms. The van der Waals surface area contributed by atoms with Crippen molar-refractivity contribution in [2.24, 2.45) is 0 Å². The number of rotatable bonds is 4. The Morgan fingerprint density at radius 1 is 1.00 bits per heavy atom. The molecule has 0 aliphatic rings. The summed E-state index contributed by atoms with van der Waals surface area (Å²) in [5.41, 5.74) is 4.34. The van der Waals surface area contributed by atoms with Gasteiger partial charge in [-0.3, -0.25) is 25.4 Å². The van der Waals surface area contributed by atoms with E-state index < -0.39 is 23.6 Å². The van der Waals surface area contributed by atoms with Gasteiger partial charge in [0.1, 0.15) is 5.69 Å². The number of halogens is 3. The molecule has 11 heteroatoms. The van der Waals surface area contributed by atoms with E-state index in [0.29, 0.717) is 11.9 Å². The van der Waals surface area contributed by atoms with Gasteiger partial charge in [-0.25, -0.2) is 9.67 Å². The summed E-state index contributed by atoms with van der Waals surface area (Å²) in [5, 5.41) is 4.09. The summed E-state index contributed by atoms with van der Waals surface area (Å²) in [7, 11) is 0. The minimum Gasteiger partial charge on any atom is -0.267 e. The first-order chi connectivity index (χ1) is 14.2. The summed E-state index contributed by atoms with van der Waals surface area (Å²) < 4.78 is 39.6. The molecule has 2 N–H and O–H groups in total.